The van der Waals surface area contributed by atoms with E-state index in [0.717, 1.165) is 12.8 Å². The number of nitrogens with zero attached hydrogens (tertiary/aromatic N) is 1. The molecule has 0 bridgehead atoms. The van der Waals surface area contributed by atoms with E-state index in [4.69, 9.17) is 27.3 Å². The summed E-state index contributed by atoms with van der Waals surface area (Å²) in [4.78, 5) is 0. The van der Waals surface area contributed by atoms with E-state index >= 15 is 0 Å². The molecule has 0 aliphatic carbocycles. The summed E-state index contributed by atoms with van der Waals surface area (Å²) in [5, 5.41) is 12.2. The van der Waals surface area contributed by atoms with E-state index in [1.165, 1.54) is 0 Å². The lowest BCUT2D eigenvalue weighted by molar-refractivity contribution is 0.209. The van der Waals surface area contributed by atoms with Crippen molar-refractivity contribution in [3.05, 3.63) is 28.8 Å². The number of nitrogens with two attached hydrogens (primary N) is 1. The number of oxime groups is 1. The number of ether oxygens (including phenoxy) is 1. The first-order chi connectivity index (χ1) is 8.08. The summed E-state index contributed by atoms with van der Waals surface area (Å²) in [6, 6.07) is 5.01. The van der Waals surface area contributed by atoms with Gasteiger partial charge in [0.2, 0.25) is 0 Å². The number of amidine groups is 1. The molecule has 0 heterocycles. The average molecular weight is 257 g/mol. The quantitative estimate of drug-likeness (QED) is 0.368. The first-order valence-electron chi connectivity index (χ1n) is 5.52. The average Bonchev–Trinajstić information content (AvgIpc) is 2.28. The number of hydrogen-bond donors (Lipinski definition) is 2. The van der Waals surface area contributed by atoms with E-state index in [2.05, 4.69) is 12.1 Å². The Bertz CT molecular complexity index is 407. The van der Waals surface area contributed by atoms with Crippen LogP contribution >= 0.6 is 11.6 Å². The van der Waals surface area contributed by atoms with Gasteiger partial charge in [-0.15, -0.1) is 0 Å². The predicted molar refractivity (Wildman–Crippen MR) is 69.0 cm³/mol. The van der Waals surface area contributed by atoms with Crippen molar-refractivity contribution in [3.8, 4) is 5.75 Å². The molecule has 3 N–H and O–H groups in total. The molecule has 1 aromatic rings. The van der Waals surface area contributed by atoms with Gasteiger partial charge in [0.25, 0.3) is 0 Å². The Morgan fingerprint density at radius 3 is 2.88 bits per heavy atom. The molecule has 0 saturated carbocycles. The Balaban J connectivity index is 2.99. The van der Waals surface area contributed by atoms with Crippen LogP contribution in [0.4, 0.5) is 0 Å². The van der Waals surface area contributed by atoms with Crippen LogP contribution in [0.5, 0.6) is 5.75 Å². The maximum atomic E-state index is 8.69. The lowest BCUT2D eigenvalue weighted by Gasteiger charge is -2.16. The van der Waals surface area contributed by atoms with Gasteiger partial charge in [0.05, 0.1) is 11.7 Å². The van der Waals surface area contributed by atoms with Crippen LogP contribution in [-0.4, -0.2) is 17.1 Å². The lowest BCUT2D eigenvalue weighted by Crippen LogP contribution is -2.18. The van der Waals surface area contributed by atoms with Crippen LogP contribution < -0.4 is 10.5 Å². The number of benzene rings is 1. The molecule has 0 spiro atoms. The minimum Gasteiger partial charge on any atom is -0.490 e. The third-order valence-electron chi connectivity index (χ3n) is 2.35. The molecule has 94 valence electrons. The first kappa shape index (κ1) is 13.6. The van der Waals surface area contributed by atoms with E-state index in [1.54, 1.807) is 18.2 Å². The van der Waals surface area contributed by atoms with Crippen LogP contribution in [0.1, 0.15) is 32.3 Å². The molecule has 4 nitrogen and oxygen atoms in total. The predicted octanol–water partition coefficient (Wildman–Crippen LogP) is 3.00. The van der Waals surface area contributed by atoms with E-state index in [1.807, 2.05) is 6.92 Å². The highest BCUT2D eigenvalue weighted by molar-refractivity contribution is 6.30. The maximum absolute atomic E-state index is 8.69. The first-order valence-corrected chi connectivity index (χ1v) is 5.90. The summed E-state index contributed by atoms with van der Waals surface area (Å²) in [6.07, 6.45) is 2.02. The standard InChI is InChI=1S/C12H17ClN2O2/c1-3-4-8(2)17-11-7-9(13)5-6-10(11)12(14)15-16/h5-8,16H,3-4H2,1-2H3,(H2,14,15). The Kier molecular flexibility index (Phi) is 5.10. The van der Waals surface area contributed by atoms with Gasteiger partial charge in [-0.25, -0.2) is 0 Å². The van der Waals surface area contributed by atoms with Crippen LogP contribution in [0, 0.1) is 0 Å². The van der Waals surface area contributed by atoms with Gasteiger partial charge in [-0.1, -0.05) is 30.1 Å². The molecule has 1 atom stereocenters. The molecule has 0 aromatic heterocycles. The topological polar surface area (TPSA) is 67.8 Å². The molecular formula is C12H17ClN2O2. The molecule has 0 fully saturated rings. The Morgan fingerprint density at radius 2 is 2.29 bits per heavy atom. The number of hydrogen-bond acceptors (Lipinski definition) is 3. The van der Waals surface area contributed by atoms with Gasteiger partial charge in [0.1, 0.15) is 5.75 Å². The van der Waals surface area contributed by atoms with Crippen LogP contribution in [0.2, 0.25) is 5.02 Å². The van der Waals surface area contributed by atoms with E-state index in [-0.39, 0.29) is 11.9 Å². The van der Waals surface area contributed by atoms with Gasteiger partial charge in [-0.2, -0.15) is 0 Å². The fraction of sp³-hybridized carbons (Fsp3) is 0.417. The summed E-state index contributed by atoms with van der Waals surface area (Å²) in [6.45, 7) is 4.06. The molecule has 0 saturated heterocycles. The van der Waals surface area contributed by atoms with Crippen molar-refractivity contribution in [2.75, 3.05) is 0 Å². The number of rotatable bonds is 5. The van der Waals surface area contributed by atoms with Crippen molar-refractivity contribution in [3.63, 3.8) is 0 Å². The second-order valence-electron chi connectivity index (χ2n) is 3.84. The van der Waals surface area contributed by atoms with Crippen molar-refractivity contribution < 1.29 is 9.94 Å². The summed E-state index contributed by atoms with van der Waals surface area (Å²) in [5.41, 5.74) is 6.11. The highest BCUT2D eigenvalue weighted by Gasteiger charge is 2.12. The molecule has 17 heavy (non-hydrogen) atoms. The van der Waals surface area contributed by atoms with Crippen LogP contribution in [0.15, 0.2) is 23.4 Å². The minimum absolute atomic E-state index is 0.0142. The molecule has 0 aliphatic rings. The fourth-order valence-electron chi connectivity index (χ4n) is 1.54. The van der Waals surface area contributed by atoms with Crippen LogP contribution in [-0.2, 0) is 0 Å². The van der Waals surface area contributed by atoms with Gasteiger partial charge in [0, 0.05) is 5.02 Å². The maximum Gasteiger partial charge on any atom is 0.173 e. The minimum atomic E-state index is 0.0142. The molecular weight excluding hydrogens is 240 g/mol. The summed E-state index contributed by atoms with van der Waals surface area (Å²) >= 11 is 5.90. The monoisotopic (exact) mass is 256 g/mol. The zero-order valence-corrected chi connectivity index (χ0v) is 10.7. The van der Waals surface area contributed by atoms with Crippen LogP contribution in [0.3, 0.4) is 0 Å². The fourth-order valence-corrected chi connectivity index (χ4v) is 1.70. The third-order valence-corrected chi connectivity index (χ3v) is 2.59. The van der Waals surface area contributed by atoms with Crippen LogP contribution in [0.25, 0.3) is 0 Å². The summed E-state index contributed by atoms with van der Waals surface area (Å²) in [5.74, 6) is 0.550. The SMILES string of the molecule is CCCC(C)Oc1cc(Cl)ccc1/C(N)=N/O. The second kappa shape index (κ2) is 6.35. The molecule has 5 heteroatoms. The molecule has 1 aromatic carbocycles. The normalized spacial score (nSPS) is 13.5. The Morgan fingerprint density at radius 1 is 1.59 bits per heavy atom. The van der Waals surface area contributed by atoms with E-state index in [9.17, 15) is 0 Å². The molecule has 0 radical (unpaired) electrons. The van der Waals surface area contributed by atoms with E-state index in [0.29, 0.717) is 16.3 Å². The van der Waals surface area contributed by atoms with Gasteiger partial charge in [-0.05, 0) is 31.5 Å². The zero-order chi connectivity index (χ0) is 12.8. The van der Waals surface area contributed by atoms with Gasteiger partial charge in [-0.3, -0.25) is 0 Å². The van der Waals surface area contributed by atoms with Crippen molar-refractivity contribution >= 4 is 17.4 Å². The second-order valence-corrected chi connectivity index (χ2v) is 4.28. The molecule has 0 amide bonds. The molecule has 0 aliphatic heterocycles. The molecule has 1 rings (SSSR count). The van der Waals surface area contributed by atoms with E-state index < -0.39 is 0 Å². The van der Waals surface area contributed by atoms with Gasteiger partial charge < -0.3 is 15.7 Å². The smallest absolute Gasteiger partial charge is 0.173 e. The highest BCUT2D eigenvalue weighted by atomic mass is 35.5. The largest absolute Gasteiger partial charge is 0.490 e. The lowest BCUT2D eigenvalue weighted by atomic mass is 10.1. The van der Waals surface area contributed by atoms with Crippen molar-refractivity contribution in [1.82, 2.24) is 0 Å². The summed E-state index contributed by atoms with van der Waals surface area (Å²) < 4.78 is 5.73. The highest BCUT2D eigenvalue weighted by Crippen LogP contribution is 2.25. The Labute approximate surface area is 106 Å². The molecule has 1 unspecified atom stereocenters. The van der Waals surface area contributed by atoms with Crippen molar-refractivity contribution in [2.45, 2.75) is 32.8 Å². The third kappa shape index (κ3) is 3.82. The van der Waals surface area contributed by atoms with Gasteiger partial charge >= 0.3 is 0 Å². The summed E-state index contributed by atoms with van der Waals surface area (Å²) in [7, 11) is 0. The Hall–Kier alpha value is -1.42. The van der Waals surface area contributed by atoms with Crippen molar-refractivity contribution in [1.29, 1.82) is 0 Å². The van der Waals surface area contributed by atoms with Gasteiger partial charge in [0.15, 0.2) is 5.84 Å². The zero-order valence-electron chi connectivity index (χ0n) is 9.98. The number of halogens is 1. The van der Waals surface area contributed by atoms with Crippen molar-refractivity contribution in [2.24, 2.45) is 10.9 Å².